The number of benzene rings is 1. The zero-order chi connectivity index (χ0) is 17.0. The molecule has 0 spiro atoms. The van der Waals surface area contributed by atoms with E-state index in [0.717, 1.165) is 5.82 Å². The molecule has 0 fully saturated rings. The fraction of sp³-hybridized carbons (Fsp3) is 0.294. The fourth-order valence-electron chi connectivity index (χ4n) is 2.24. The van der Waals surface area contributed by atoms with Crippen molar-refractivity contribution < 1.29 is 19.1 Å². The summed E-state index contributed by atoms with van der Waals surface area (Å²) in [7, 11) is 1.89. The van der Waals surface area contributed by atoms with Gasteiger partial charge in [0.2, 0.25) is 0 Å². The van der Waals surface area contributed by atoms with E-state index in [-0.39, 0.29) is 5.56 Å². The van der Waals surface area contributed by atoms with Crippen molar-refractivity contribution in [3.05, 3.63) is 47.7 Å². The van der Waals surface area contributed by atoms with Gasteiger partial charge in [-0.25, -0.2) is 9.78 Å². The molecule has 0 amide bonds. The SMILES string of the molecule is CC.Cc1oc2ccc(OCc3nccn3C)cc2c1C(=O)O. The van der Waals surface area contributed by atoms with E-state index in [1.165, 1.54) is 0 Å². The summed E-state index contributed by atoms with van der Waals surface area (Å²) in [6.45, 7) is 5.95. The quantitative estimate of drug-likeness (QED) is 0.792. The number of aryl methyl sites for hydroxylation is 2. The summed E-state index contributed by atoms with van der Waals surface area (Å²) in [6.07, 6.45) is 3.54. The number of aromatic nitrogens is 2. The van der Waals surface area contributed by atoms with Gasteiger partial charge >= 0.3 is 5.97 Å². The monoisotopic (exact) mass is 316 g/mol. The zero-order valence-electron chi connectivity index (χ0n) is 13.7. The number of nitrogens with zero attached hydrogens (tertiary/aromatic N) is 2. The maximum atomic E-state index is 11.3. The minimum Gasteiger partial charge on any atom is -0.486 e. The van der Waals surface area contributed by atoms with E-state index < -0.39 is 5.97 Å². The predicted octanol–water partition coefficient (Wildman–Crippen LogP) is 3.78. The average molecular weight is 316 g/mol. The normalized spacial score (nSPS) is 10.3. The molecule has 23 heavy (non-hydrogen) atoms. The lowest BCUT2D eigenvalue weighted by atomic mass is 10.1. The molecular formula is C17H20N2O4. The molecular weight excluding hydrogens is 296 g/mol. The second-order valence-electron chi connectivity index (χ2n) is 4.74. The van der Waals surface area contributed by atoms with E-state index in [4.69, 9.17) is 9.15 Å². The van der Waals surface area contributed by atoms with E-state index in [0.29, 0.717) is 29.1 Å². The third-order valence-electron chi connectivity index (χ3n) is 3.34. The molecule has 1 aromatic carbocycles. The number of rotatable bonds is 4. The van der Waals surface area contributed by atoms with E-state index in [1.807, 2.05) is 31.7 Å². The molecule has 0 aliphatic rings. The van der Waals surface area contributed by atoms with E-state index in [2.05, 4.69) is 4.98 Å². The number of furan rings is 1. The minimum atomic E-state index is -1.01. The number of hydrogen-bond acceptors (Lipinski definition) is 4. The molecule has 2 aromatic heterocycles. The van der Waals surface area contributed by atoms with Gasteiger partial charge in [0.15, 0.2) is 0 Å². The molecule has 0 saturated heterocycles. The van der Waals surface area contributed by atoms with E-state index in [1.54, 1.807) is 31.3 Å². The number of aromatic carboxylic acids is 1. The highest BCUT2D eigenvalue weighted by molar-refractivity contribution is 6.03. The van der Waals surface area contributed by atoms with Crippen molar-refractivity contribution in [1.29, 1.82) is 0 Å². The number of fused-ring (bicyclic) bond motifs is 1. The van der Waals surface area contributed by atoms with Crippen LogP contribution in [0.25, 0.3) is 11.0 Å². The van der Waals surface area contributed by atoms with Crippen LogP contribution in [0, 0.1) is 6.92 Å². The highest BCUT2D eigenvalue weighted by Gasteiger charge is 2.17. The van der Waals surface area contributed by atoms with Crippen molar-refractivity contribution in [2.24, 2.45) is 7.05 Å². The summed E-state index contributed by atoms with van der Waals surface area (Å²) in [5.41, 5.74) is 0.710. The van der Waals surface area contributed by atoms with Crippen LogP contribution < -0.4 is 4.74 Å². The van der Waals surface area contributed by atoms with Crippen LogP contribution in [0.5, 0.6) is 5.75 Å². The summed E-state index contributed by atoms with van der Waals surface area (Å²) in [4.78, 5) is 15.5. The molecule has 3 rings (SSSR count). The number of imidazole rings is 1. The standard InChI is InChI=1S/C15H14N2O4.C2H6/c1-9-14(15(18)19)11-7-10(3-4-12(11)21-9)20-8-13-16-5-6-17(13)2;1-2/h3-7H,8H2,1-2H3,(H,18,19);1-2H3. The Balaban J connectivity index is 0.000000924. The summed E-state index contributed by atoms with van der Waals surface area (Å²) in [6, 6.07) is 5.14. The van der Waals surface area contributed by atoms with Crippen LogP contribution in [0.1, 0.15) is 35.8 Å². The van der Waals surface area contributed by atoms with Crippen molar-refractivity contribution >= 4 is 16.9 Å². The Labute approximate surface area is 134 Å². The van der Waals surface area contributed by atoms with Crippen LogP contribution in [0.4, 0.5) is 0 Å². The number of carboxylic acids is 1. The lowest BCUT2D eigenvalue weighted by Gasteiger charge is -2.06. The van der Waals surface area contributed by atoms with Crippen LogP contribution in [0.15, 0.2) is 35.0 Å². The van der Waals surface area contributed by atoms with E-state index >= 15 is 0 Å². The summed E-state index contributed by atoms with van der Waals surface area (Å²) < 4.78 is 13.0. The maximum absolute atomic E-state index is 11.3. The van der Waals surface area contributed by atoms with Gasteiger partial charge in [-0.05, 0) is 25.1 Å². The van der Waals surface area contributed by atoms with Gasteiger partial charge in [-0.3, -0.25) is 0 Å². The van der Waals surface area contributed by atoms with Crippen LogP contribution in [-0.4, -0.2) is 20.6 Å². The number of carbonyl (C=O) groups is 1. The first kappa shape index (κ1) is 16.6. The van der Waals surface area contributed by atoms with E-state index in [9.17, 15) is 9.90 Å². The first-order valence-corrected chi connectivity index (χ1v) is 7.41. The molecule has 0 atom stereocenters. The Bertz CT molecular complexity index is 817. The van der Waals surface area contributed by atoms with Crippen LogP contribution in [0.3, 0.4) is 0 Å². The fourth-order valence-corrected chi connectivity index (χ4v) is 2.24. The number of hydrogen-bond donors (Lipinski definition) is 1. The zero-order valence-corrected chi connectivity index (χ0v) is 13.7. The number of ether oxygens (including phenoxy) is 1. The van der Waals surface area contributed by atoms with Crippen LogP contribution in [0.2, 0.25) is 0 Å². The highest BCUT2D eigenvalue weighted by Crippen LogP contribution is 2.29. The van der Waals surface area contributed by atoms with Crippen molar-refractivity contribution in [2.45, 2.75) is 27.4 Å². The molecule has 0 radical (unpaired) electrons. The lowest BCUT2D eigenvalue weighted by molar-refractivity contribution is 0.0697. The van der Waals surface area contributed by atoms with Crippen molar-refractivity contribution in [3.63, 3.8) is 0 Å². The molecule has 0 aliphatic carbocycles. The summed E-state index contributed by atoms with van der Waals surface area (Å²) in [5, 5.41) is 9.79. The van der Waals surface area contributed by atoms with Crippen LogP contribution >= 0.6 is 0 Å². The molecule has 1 N–H and O–H groups in total. The minimum absolute atomic E-state index is 0.174. The molecule has 2 heterocycles. The Morgan fingerprint density at radius 2 is 2.13 bits per heavy atom. The molecule has 0 bridgehead atoms. The number of carboxylic acid groups (broad SMARTS) is 1. The molecule has 0 saturated carbocycles. The lowest BCUT2D eigenvalue weighted by Crippen LogP contribution is -2.03. The molecule has 122 valence electrons. The van der Waals surface area contributed by atoms with Gasteiger partial charge in [-0.15, -0.1) is 0 Å². The second kappa shape index (κ2) is 7.00. The van der Waals surface area contributed by atoms with Gasteiger partial charge in [0.1, 0.15) is 35.1 Å². The Kier molecular flexibility index (Phi) is 5.05. The molecule has 3 aromatic rings. The maximum Gasteiger partial charge on any atom is 0.339 e. The smallest absolute Gasteiger partial charge is 0.339 e. The average Bonchev–Trinajstić information content (AvgIpc) is 3.08. The summed E-state index contributed by atoms with van der Waals surface area (Å²) in [5.74, 6) is 0.747. The van der Waals surface area contributed by atoms with Crippen LogP contribution in [-0.2, 0) is 13.7 Å². The van der Waals surface area contributed by atoms with Gasteiger partial charge < -0.3 is 18.8 Å². The predicted molar refractivity (Wildman–Crippen MR) is 86.8 cm³/mol. The van der Waals surface area contributed by atoms with Gasteiger partial charge in [0, 0.05) is 24.8 Å². The first-order valence-electron chi connectivity index (χ1n) is 7.41. The third kappa shape index (κ3) is 3.36. The Hall–Kier alpha value is -2.76. The van der Waals surface area contributed by atoms with Gasteiger partial charge in [0.05, 0.1) is 0 Å². The third-order valence-corrected chi connectivity index (χ3v) is 3.34. The second-order valence-corrected chi connectivity index (χ2v) is 4.74. The summed E-state index contributed by atoms with van der Waals surface area (Å²) >= 11 is 0. The molecule has 0 unspecified atom stereocenters. The van der Waals surface area contributed by atoms with Crippen molar-refractivity contribution in [3.8, 4) is 5.75 Å². The van der Waals surface area contributed by atoms with Crippen molar-refractivity contribution in [2.75, 3.05) is 0 Å². The topological polar surface area (TPSA) is 77.5 Å². The highest BCUT2D eigenvalue weighted by atomic mass is 16.5. The molecule has 0 aliphatic heterocycles. The largest absolute Gasteiger partial charge is 0.486 e. The molecule has 6 heteroatoms. The van der Waals surface area contributed by atoms with Crippen molar-refractivity contribution in [1.82, 2.24) is 9.55 Å². The Morgan fingerprint density at radius 1 is 1.39 bits per heavy atom. The van der Waals surface area contributed by atoms with Gasteiger partial charge in [-0.2, -0.15) is 0 Å². The first-order chi connectivity index (χ1) is 11.1. The Morgan fingerprint density at radius 3 is 2.74 bits per heavy atom. The molecule has 6 nitrogen and oxygen atoms in total. The van der Waals surface area contributed by atoms with Gasteiger partial charge in [-0.1, -0.05) is 13.8 Å². The van der Waals surface area contributed by atoms with Gasteiger partial charge in [0.25, 0.3) is 0 Å².